The maximum Gasteiger partial charge on any atom is 0.0714 e. The molecular formula is C57H37NS. The van der Waals surface area contributed by atoms with Gasteiger partial charge in [-0.3, -0.25) is 0 Å². The van der Waals surface area contributed by atoms with Crippen molar-refractivity contribution in [1.29, 1.82) is 0 Å². The van der Waals surface area contributed by atoms with E-state index < -0.39 is 5.41 Å². The highest BCUT2D eigenvalue weighted by molar-refractivity contribution is 7.27. The molecule has 0 fully saturated rings. The molecule has 276 valence electrons. The second-order valence-corrected chi connectivity index (χ2v) is 16.6. The summed E-state index contributed by atoms with van der Waals surface area (Å²) in [6, 6.07) is 82.9. The first-order valence-corrected chi connectivity index (χ1v) is 21.2. The van der Waals surface area contributed by atoms with Crippen molar-refractivity contribution in [2.45, 2.75) is 5.41 Å². The Bertz CT molecular complexity index is 3330. The molecular weight excluding hydrogens is 731 g/mol. The van der Waals surface area contributed by atoms with Crippen LogP contribution < -0.4 is 4.90 Å². The maximum atomic E-state index is 2.51. The van der Waals surface area contributed by atoms with Crippen molar-refractivity contribution in [3.63, 3.8) is 0 Å². The van der Waals surface area contributed by atoms with Gasteiger partial charge in [-0.2, -0.15) is 0 Å². The van der Waals surface area contributed by atoms with Gasteiger partial charge >= 0.3 is 0 Å². The lowest BCUT2D eigenvalue weighted by molar-refractivity contribution is 0.769. The number of nitrogens with zero attached hydrogens (tertiary/aromatic N) is 1. The summed E-state index contributed by atoms with van der Waals surface area (Å²) in [7, 11) is 0. The van der Waals surface area contributed by atoms with Crippen LogP contribution in [0.15, 0.2) is 224 Å². The van der Waals surface area contributed by atoms with Gasteiger partial charge in [0.15, 0.2) is 0 Å². The number of hydrogen-bond acceptors (Lipinski definition) is 2. The summed E-state index contributed by atoms with van der Waals surface area (Å²) in [5, 5.41) is 7.53. The van der Waals surface area contributed by atoms with Crippen molar-refractivity contribution in [3.8, 4) is 22.3 Å². The number of benzene rings is 10. The minimum absolute atomic E-state index is 0.446. The summed E-state index contributed by atoms with van der Waals surface area (Å²) < 4.78 is 2.60. The van der Waals surface area contributed by atoms with Gasteiger partial charge in [-0.1, -0.05) is 200 Å². The topological polar surface area (TPSA) is 3.24 Å². The molecule has 1 aromatic heterocycles. The summed E-state index contributed by atoms with van der Waals surface area (Å²) in [4.78, 5) is 2.51. The number of rotatable bonds is 6. The van der Waals surface area contributed by atoms with Crippen molar-refractivity contribution in [2.24, 2.45) is 0 Å². The fraction of sp³-hybridized carbons (Fsp3) is 0.0175. The Labute approximate surface area is 347 Å². The summed E-state index contributed by atoms with van der Waals surface area (Å²) in [6.45, 7) is 0. The first kappa shape index (κ1) is 33.8. The van der Waals surface area contributed by atoms with Crippen LogP contribution in [-0.4, -0.2) is 0 Å². The highest BCUT2D eigenvalue weighted by Crippen LogP contribution is 2.60. The van der Waals surface area contributed by atoms with Crippen molar-refractivity contribution in [2.75, 3.05) is 4.90 Å². The van der Waals surface area contributed by atoms with E-state index in [0.29, 0.717) is 0 Å². The van der Waals surface area contributed by atoms with E-state index in [9.17, 15) is 0 Å². The maximum absolute atomic E-state index is 2.51. The van der Waals surface area contributed by atoms with Gasteiger partial charge in [0, 0.05) is 32.1 Å². The molecule has 0 radical (unpaired) electrons. The Balaban J connectivity index is 1.15. The van der Waals surface area contributed by atoms with Crippen LogP contribution in [0.4, 0.5) is 17.1 Å². The van der Waals surface area contributed by atoms with E-state index in [1.165, 1.54) is 97.6 Å². The van der Waals surface area contributed by atoms with Crippen LogP contribution in [0.25, 0.3) is 64.0 Å². The third kappa shape index (κ3) is 5.03. The van der Waals surface area contributed by atoms with Crippen molar-refractivity contribution >= 4 is 70.1 Å². The summed E-state index contributed by atoms with van der Waals surface area (Å²) in [5.41, 5.74) is 13.3. The van der Waals surface area contributed by atoms with Crippen molar-refractivity contribution in [1.82, 2.24) is 0 Å². The molecule has 1 aliphatic carbocycles. The third-order valence-corrected chi connectivity index (χ3v) is 13.8. The molecule has 0 atom stereocenters. The second kappa shape index (κ2) is 13.4. The first-order chi connectivity index (χ1) is 29.3. The van der Waals surface area contributed by atoms with Crippen LogP contribution in [0.1, 0.15) is 22.3 Å². The monoisotopic (exact) mass is 767 g/mol. The quantitative estimate of drug-likeness (QED) is 0.152. The molecule has 12 rings (SSSR count). The summed E-state index contributed by atoms with van der Waals surface area (Å²) in [6.07, 6.45) is 0. The fourth-order valence-electron chi connectivity index (χ4n) is 10.0. The zero-order valence-corrected chi connectivity index (χ0v) is 33.0. The number of hydrogen-bond donors (Lipinski definition) is 0. The predicted molar refractivity (Wildman–Crippen MR) is 252 cm³/mol. The summed E-state index contributed by atoms with van der Waals surface area (Å²) in [5.74, 6) is 0. The Hall–Kier alpha value is -7.26. The van der Waals surface area contributed by atoms with Crippen molar-refractivity contribution in [3.05, 3.63) is 247 Å². The largest absolute Gasteiger partial charge is 0.308 e. The second-order valence-electron chi connectivity index (χ2n) is 15.6. The Morgan fingerprint density at radius 1 is 0.356 bits per heavy atom. The minimum atomic E-state index is -0.446. The third-order valence-electron chi connectivity index (χ3n) is 12.5. The molecule has 0 bridgehead atoms. The Morgan fingerprint density at radius 3 is 1.68 bits per heavy atom. The molecule has 1 heterocycles. The normalized spacial score (nSPS) is 12.9. The van der Waals surface area contributed by atoms with E-state index in [-0.39, 0.29) is 0 Å². The van der Waals surface area contributed by atoms with Gasteiger partial charge in [-0.05, 0) is 79.4 Å². The number of fused-ring (bicyclic) bond motifs is 10. The molecule has 1 aliphatic rings. The van der Waals surface area contributed by atoms with Gasteiger partial charge in [0.2, 0.25) is 0 Å². The molecule has 59 heavy (non-hydrogen) atoms. The van der Waals surface area contributed by atoms with Crippen molar-refractivity contribution < 1.29 is 0 Å². The van der Waals surface area contributed by atoms with Crippen LogP contribution >= 0.6 is 11.3 Å². The van der Waals surface area contributed by atoms with Crippen LogP contribution in [0.2, 0.25) is 0 Å². The van der Waals surface area contributed by atoms with E-state index in [2.05, 4.69) is 229 Å². The van der Waals surface area contributed by atoms with Crippen LogP contribution in [0.5, 0.6) is 0 Å². The number of thiophene rings is 1. The molecule has 0 unspecified atom stereocenters. The molecule has 11 aromatic rings. The minimum Gasteiger partial charge on any atom is -0.308 e. The Kier molecular flexibility index (Phi) is 7.69. The SMILES string of the molecule is c1ccc(-c2ccc(N(c3cc4ccccc4c4ccccc34)c3cccc4c3sc3c5c(ccc34)C(c3ccccc3)(c3ccccc3)c3ccccc3-5)cc2)cc1. The lowest BCUT2D eigenvalue weighted by Crippen LogP contribution is -2.28. The number of anilines is 3. The van der Waals surface area contributed by atoms with Crippen LogP contribution in [0.3, 0.4) is 0 Å². The summed E-state index contributed by atoms with van der Waals surface area (Å²) >= 11 is 1.93. The average molecular weight is 768 g/mol. The van der Waals surface area contributed by atoms with Gasteiger partial charge in [0.1, 0.15) is 0 Å². The molecule has 0 saturated carbocycles. The van der Waals surface area contributed by atoms with Gasteiger partial charge in [0.05, 0.1) is 21.5 Å². The van der Waals surface area contributed by atoms with Gasteiger partial charge in [-0.25, -0.2) is 0 Å². The van der Waals surface area contributed by atoms with Gasteiger partial charge in [-0.15, -0.1) is 11.3 Å². The smallest absolute Gasteiger partial charge is 0.0714 e. The zero-order valence-electron chi connectivity index (χ0n) is 32.2. The molecule has 0 N–H and O–H groups in total. The predicted octanol–water partition coefficient (Wildman–Crippen LogP) is 15.9. The molecule has 0 saturated heterocycles. The van der Waals surface area contributed by atoms with E-state index in [0.717, 1.165) is 5.69 Å². The van der Waals surface area contributed by atoms with Crippen LogP contribution in [-0.2, 0) is 5.41 Å². The molecule has 0 spiro atoms. The highest BCUT2D eigenvalue weighted by Gasteiger charge is 2.46. The standard InChI is InChI=1S/C57H37NS/c1-4-17-38(18-5-1)39-31-33-43(34-32-39)58(53-37-40-19-10-11-24-44(40)45-25-12-13-26-46(45)53)52-30-16-28-47-48-35-36-51-54(56(48)59-55(47)52)49-27-14-15-29-50(49)57(51,41-20-6-2-7-21-41)42-22-8-3-9-23-42/h1-37H. The fourth-order valence-corrected chi connectivity index (χ4v) is 11.4. The van der Waals surface area contributed by atoms with E-state index in [1.807, 2.05) is 11.3 Å². The van der Waals surface area contributed by atoms with Gasteiger partial charge < -0.3 is 4.90 Å². The van der Waals surface area contributed by atoms with E-state index in [4.69, 9.17) is 0 Å². The average Bonchev–Trinajstić information content (AvgIpc) is 3.85. The Morgan fingerprint density at radius 2 is 0.932 bits per heavy atom. The van der Waals surface area contributed by atoms with Gasteiger partial charge in [0.25, 0.3) is 0 Å². The molecule has 0 aliphatic heterocycles. The van der Waals surface area contributed by atoms with Crippen LogP contribution in [0, 0.1) is 0 Å². The van der Waals surface area contributed by atoms with E-state index in [1.54, 1.807) is 0 Å². The molecule has 0 amide bonds. The zero-order chi connectivity index (χ0) is 38.9. The molecule has 2 heteroatoms. The molecule has 10 aromatic carbocycles. The highest BCUT2D eigenvalue weighted by atomic mass is 32.1. The lowest BCUT2D eigenvalue weighted by atomic mass is 9.68. The lowest BCUT2D eigenvalue weighted by Gasteiger charge is -2.33. The first-order valence-electron chi connectivity index (χ1n) is 20.3. The molecule has 1 nitrogen and oxygen atoms in total. The van der Waals surface area contributed by atoms with E-state index >= 15 is 0 Å².